The molecule has 0 spiro atoms. The Bertz CT molecular complexity index is 374. The largest absolute Gasteiger partial charge is 0.484 e. The molecular weight excluding hydrogens is 246 g/mol. The molecule has 0 unspecified atom stereocenters. The summed E-state index contributed by atoms with van der Waals surface area (Å²) in [4.78, 5) is 11.5. The van der Waals surface area contributed by atoms with E-state index in [4.69, 9.17) is 14.9 Å². The van der Waals surface area contributed by atoms with E-state index in [2.05, 4.69) is 12.2 Å². The van der Waals surface area contributed by atoms with E-state index in [1.807, 2.05) is 24.3 Å². The van der Waals surface area contributed by atoms with Gasteiger partial charge in [0.15, 0.2) is 6.61 Å². The third kappa shape index (κ3) is 5.72. The van der Waals surface area contributed by atoms with Gasteiger partial charge in [0.25, 0.3) is 5.91 Å². The maximum atomic E-state index is 11.5. The van der Waals surface area contributed by atoms with Crippen LogP contribution in [0.25, 0.3) is 0 Å². The van der Waals surface area contributed by atoms with Crippen molar-refractivity contribution in [3.63, 3.8) is 0 Å². The molecule has 106 valence electrons. The van der Waals surface area contributed by atoms with Crippen molar-refractivity contribution >= 4 is 5.91 Å². The van der Waals surface area contributed by atoms with Gasteiger partial charge in [0.05, 0.1) is 19.3 Å². The molecule has 0 fully saturated rings. The van der Waals surface area contributed by atoms with Crippen LogP contribution in [0.2, 0.25) is 0 Å². The molecule has 1 aromatic rings. The molecule has 19 heavy (non-hydrogen) atoms. The van der Waals surface area contributed by atoms with Gasteiger partial charge in [0.1, 0.15) is 5.75 Å². The summed E-state index contributed by atoms with van der Waals surface area (Å²) in [5.41, 5.74) is 1.24. The van der Waals surface area contributed by atoms with Crippen molar-refractivity contribution in [3.8, 4) is 5.75 Å². The number of nitrogens with one attached hydrogen (secondary N) is 1. The van der Waals surface area contributed by atoms with E-state index < -0.39 is 6.04 Å². The SMILES string of the molecule is CCCc1ccc(OCC(=O)NC(CO)CO)cc1. The predicted molar refractivity (Wildman–Crippen MR) is 72.0 cm³/mol. The second-order valence-corrected chi connectivity index (χ2v) is 4.31. The second-order valence-electron chi connectivity index (χ2n) is 4.31. The van der Waals surface area contributed by atoms with E-state index in [0.29, 0.717) is 5.75 Å². The Labute approximate surface area is 113 Å². The molecule has 0 saturated heterocycles. The normalized spacial score (nSPS) is 10.5. The van der Waals surface area contributed by atoms with Crippen LogP contribution in [0.15, 0.2) is 24.3 Å². The lowest BCUT2D eigenvalue weighted by molar-refractivity contribution is -0.124. The number of carbonyl (C=O) groups is 1. The Morgan fingerprint density at radius 1 is 1.26 bits per heavy atom. The fourth-order valence-corrected chi connectivity index (χ4v) is 1.61. The third-order valence-electron chi connectivity index (χ3n) is 2.64. The molecule has 0 atom stereocenters. The van der Waals surface area contributed by atoms with Crippen LogP contribution in [0.5, 0.6) is 5.75 Å². The summed E-state index contributed by atoms with van der Waals surface area (Å²) in [6.07, 6.45) is 2.11. The third-order valence-corrected chi connectivity index (χ3v) is 2.64. The average Bonchev–Trinajstić information content (AvgIpc) is 2.44. The summed E-state index contributed by atoms with van der Waals surface area (Å²) in [6.45, 7) is 1.39. The highest BCUT2D eigenvalue weighted by molar-refractivity contribution is 5.77. The van der Waals surface area contributed by atoms with Gasteiger partial charge >= 0.3 is 0 Å². The number of aliphatic hydroxyl groups excluding tert-OH is 2. The fraction of sp³-hybridized carbons (Fsp3) is 0.500. The van der Waals surface area contributed by atoms with Crippen LogP contribution in [0.3, 0.4) is 0 Å². The van der Waals surface area contributed by atoms with Crippen molar-refractivity contribution in [1.29, 1.82) is 0 Å². The lowest BCUT2D eigenvalue weighted by atomic mass is 10.1. The summed E-state index contributed by atoms with van der Waals surface area (Å²) < 4.78 is 5.32. The Kier molecular flexibility index (Phi) is 6.92. The first kappa shape index (κ1) is 15.5. The molecule has 5 heteroatoms. The van der Waals surface area contributed by atoms with Gasteiger partial charge in [-0.05, 0) is 24.1 Å². The van der Waals surface area contributed by atoms with Crippen LogP contribution in [0.1, 0.15) is 18.9 Å². The first-order valence-electron chi connectivity index (χ1n) is 6.42. The van der Waals surface area contributed by atoms with Crippen molar-refractivity contribution in [1.82, 2.24) is 5.32 Å². The molecule has 0 saturated carbocycles. The van der Waals surface area contributed by atoms with Crippen LogP contribution in [0.4, 0.5) is 0 Å². The number of ether oxygens (including phenoxy) is 1. The van der Waals surface area contributed by atoms with Crippen molar-refractivity contribution in [3.05, 3.63) is 29.8 Å². The van der Waals surface area contributed by atoms with Gasteiger partial charge in [0, 0.05) is 0 Å². The minimum atomic E-state index is -0.636. The number of rotatable bonds is 8. The molecule has 0 aromatic heterocycles. The lowest BCUT2D eigenvalue weighted by Crippen LogP contribution is -2.42. The number of aryl methyl sites for hydroxylation is 1. The number of hydrogen-bond acceptors (Lipinski definition) is 4. The molecule has 0 aliphatic heterocycles. The number of benzene rings is 1. The Balaban J connectivity index is 2.37. The highest BCUT2D eigenvalue weighted by Gasteiger charge is 2.10. The molecule has 3 N–H and O–H groups in total. The highest BCUT2D eigenvalue weighted by Crippen LogP contribution is 2.13. The summed E-state index contributed by atoms with van der Waals surface area (Å²) in [6, 6.07) is 6.96. The van der Waals surface area contributed by atoms with Crippen molar-refractivity contribution < 1.29 is 19.7 Å². The summed E-state index contributed by atoms with van der Waals surface area (Å²) in [5.74, 6) is 0.255. The van der Waals surface area contributed by atoms with E-state index in [1.165, 1.54) is 5.56 Å². The monoisotopic (exact) mass is 267 g/mol. The van der Waals surface area contributed by atoms with Crippen molar-refractivity contribution in [2.24, 2.45) is 0 Å². The molecule has 0 radical (unpaired) electrons. The van der Waals surface area contributed by atoms with Crippen LogP contribution in [-0.4, -0.2) is 42.0 Å². The van der Waals surface area contributed by atoms with E-state index in [-0.39, 0.29) is 25.7 Å². The first-order valence-corrected chi connectivity index (χ1v) is 6.42. The summed E-state index contributed by atoms with van der Waals surface area (Å²) >= 11 is 0. The van der Waals surface area contributed by atoms with Gasteiger partial charge in [-0.2, -0.15) is 0 Å². The minimum absolute atomic E-state index is 0.135. The first-order chi connectivity index (χ1) is 9.19. The van der Waals surface area contributed by atoms with Crippen LogP contribution in [-0.2, 0) is 11.2 Å². The van der Waals surface area contributed by atoms with Gasteiger partial charge in [-0.3, -0.25) is 4.79 Å². The Morgan fingerprint density at radius 3 is 2.42 bits per heavy atom. The molecule has 5 nitrogen and oxygen atoms in total. The topological polar surface area (TPSA) is 78.8 Å². The van der Waals surface area contributed by atoms with E-state index >= 15 is 0 Å². The number of amides is 1. The van der Waals surface area contributed by atoms with Gasteiger partial charge in [-0.15, -0.1) is 0 Å². The maximum Gasteiger partial charge on any atom is 0.258 e. The van der Waals surface area contributed by atoms with E-state index in [9.17, 15) is 4.79 Å². The lowest BCUT2D eigenvalue weighted by Gasteiger charge is -2.13. The van der Waals surface area contributed by atoms with Gasteiger partial charge in [0.2, 0.25) is 0 Å². The zero-order valence-electron chi connectivity index (χ0n) is 11.1. The molecule has 1 rings (SSSR count). The Morgan fingerprint density at radius 2 is 1.89 bits per heavy atom. The molecule has 0 bridgehead atoms. The molecule has 1 amide bonds. The summed E-state index contributed by atoms with van der Waals surface area (Å²) in [5, 5.41) is 20.1. The van der Waals surface area contributed by atoms with Crippen LogP contribution < -0.4 is 10.1 Å². The molecule has 1 aromatic carbocycles. The summed E-state index contributed by atoms with van der Waals surface area (Å²) in [7, 11) is 0. The molecule has 0 aliphatic carbocycles. The minimum Gasteiger partial charge on any atom is -0.484 e. The molecule has 0 aliphatic rings. The van der Waals surface area contributed by atoms with Gasteiger partial charge in [-0.25, -0.2) is 0 Å². The Hall–Kier alpha value is -1.59. The number of carbonyl (C=O) groups excluding carboxylic acids is 1. The van der Waals surface area contributed by atoms with Gasteiger partial charge < -0.3 is 20.3 Å². The zero-order chi connectivity index (χ0) is 14.1. The highest BCUT2D eigenvalue weighted by atomic mass is 16.5. The fourth-order valence-electron chi connectivity index (χ4n) is 1.61. The smallest absolute Gasteiger partial charge is 0.258 e. The maximum absolute atomic E-state index is 11.5. The van der Waals surface area contributed by atoms with Crippen LogP contribution >= 0.6 is 0 Å². The quantitative estimate of drug-likeness (QED) is 0.640. The molecular formula is C14H21NO4. The van der Waals surface area contributed by atoms with Crippen molar-refractivity contribution in [2.75, 3.05) is 19.8 Å². The van der Waals surface area contributed by atoms with E-state index in [1.54, 1.807) is 0 Å². The average molecular weight is 267 g/mol. The van der Waals surface area contributed by atoms with E-state index in [0.717, 1.165) is 12.8 Å². The van der Waals surface area contributed by atoms with Crippen LogP contribution in [0, 0.1) is 0 Å². The number of hydrogen-bond donors (Lipinski definition) is 3. The molecule has 0 heterocycles. The predicted octanol–water partition coefficient (Wildman–Crippen LogP) is 0.487. The zero-order valence-corrected chi connectivity index (χ0v) is 11.1. The standard InChI is InChI=1S/C14H21NO4/c1-2-3-11-4-6-13(7-5-11)19-10-14(18)15-12(8-16)9-17/h4-7,12,16-17H,2-3,8-10H2,1H3,(H,15,18). The van der Waals surface area contributed by atoms with Gasteiger partial charge in [-0.1, -0.05) is 25.5 Å². The second kappa shape index (κ2) is 8.50. The number of aliphatic hydroxyl groups is 2. The van der Waals surface area contributed by atoms with Crippen molar-refractivity contribution in [2.45, 2.75) is 25.8 Å².